The SMILES string of the molecule is C[C@@H](CN1C(=O)c2cc3sccc3n2C[C@]1(C)C(=O)NC1CCCCCCC1)c1ccccc1. The van der Waals surface area contributed by atoms with Crippen molar-refractivity contribution in [2.45, 2.75) is 82.8 Å². The lowest BCUT2D eigenvalue weighted by atomic mass is 9.90. The molecule has 1 aromatic carbocycles. The molecule has 0 saturated heterocycles. The molecule has 3 aromatic rings. The van der Waals surface area contributed by atoms with E-state index in [2.05, 4.69) is 40.4 Å². The van der Waals surface area contributed by atoms with Crippen LogP contribution in [0.3, 0.4) is 0 Å². The zero-order chi connectivity index (χ0) is 23.7. The Morgan fingerprint density at radius 1 is 1.12 bits per heavy atom. The van der Waals surface area contributed by atoms with Gasteiger partial charge in [-0.2, -0.15) is 0 Å². The second kappa shape index (κ2) is 9.57. The molecule has 0 radical (unpaired) electrons. The summed E-state index contributed by atoms with van der Waals surface area (Å²) < 4.78 is 3.17. The number of hydrogen-bond acceptors (Lipinski definition) is 3. The average Bonchev–Trinajstić information content (AvgIpc) is 3.41. The van der Waals surface area contributed by atoms with Crippen molar-refractivity contribution in [3.63, 3.8) is 0 Å². The van der Waals surface area contributed by atoms with Crippen molar-refractivity contribution in [1.82, 2.24) is 14.8 Å². The zero-order valence-electron chi connectivity index (χ0n) is 20.3. The summed E-state index contributed by atoms with van der Waals surface area (Å²) in [5, 5.41) is 5.44. The number of carbonyl (C=O) groups excluding carboxylic acids is 2. The van der Waals surface area contributed by atoms with Gasteiger partial charge in [0.2, 0.25) is 5.91 Å². The van der Waals surface area contributed by atoms with Crippen LogP contribution in [-0.4, -0.2) is 39.4 Å². The number of aromatic nitrogens is 1. The molecule has 0 unspecified atom stereocenters. The van der Waals surface area contributed by atoms with E-state index in [1.54, 1.807) is 11.3 Å². The van der Waals surface area contributed by atoms with Crippen LogP contribution in [-0.2, 0) is 11.3 Å². The van der Waals surface area contributed by atoms with Crippen molar-refractivity contribution < 1.29 is 9.59 Å². The van der Waals surface area contributed by atoms with Gasteiger partial charge in [-0.05, 0) is 48.8 Å². The maximum absolute atomic E-state index is 14.0. The molecule has 2 atom stereocenters. The van der Waals surface area contributed by atoms with Gasteiger partial charge in [0.05, 0.1) is 16.8 Å². The molecule has 5 rings (SSSR count). The highest BCUT2D eigenvalue weighted by Gasteiger charge is 2.48. The van der Waals surface area contributed by atoms with Gasteiger partial charge in [0, 0.05) is 12.6 Å². The number of rotatable bonds is 5. The molecule has 3 heterocycles. The molecular formula is C28H35N3O2S. The number of hydrogen-bond donors (Lipinski definition) is 1. The van der Waals surface area contributed by atoms with Crippen LogP contribution in [0.4, 0.5) is 0 Å². The van der Waals surface area contributed by atoms with E-state index in [1.807, 2.05) is 36.1 Å². The van der Waals surface area contributed by atoms with Gasteiger partial charge in [0.25, 0.3) is 5.91 Å². The summed E-state index contributed by atoms with van der Waals surface area (Å²) >= 11 is 1.64. The van der Waals surface area contributed by atoms with Crippen LogP contribution < -0.4 is 5.32 Å². The molecule has 5 nitrogen and oxygen atoms in total. The Balaban J connectivity index is 1.47. The van der Waals surface area contributed by atoms with Crippen molar-refractivity contribution in [3.05, 3.63) is 59.1 Å². The summed E-state index contributed by atoms with van der Waals surface area (Å²) in [4.78, 5) is 29.7. The number of fused-ring (bicyclic) bond motifs is 3. The lowest BCUT2D eigenvalue weighted by Crippen LogP contribution is -2.65. The number of benzene rings is 1. The van der Waals surface area contributed by atoms with E-state index in [0.717, 1.165) is 35.9 Å². The van der Waals surface area contributed by atoms with E-state index >= 15 is 0 Å². The number of thiophene rings is 1. The van der Waals surface area contributed by atoms with Crippen molar-refractivity contribution >= 4 is 33.4 Å². The third-order valence-electron chi connectivity index (χ3n) is 7.80. The topological polar surface area (TPSA) is 54.3 Å². The Labute approximate surface area is 206 Å². The van der Waals surface area contributed by atoms with E-state index in [0.29, 0.717) is 18.8 Å². The Morgan fingerprint density at radius 3 is 2.56 bits per heavy atom. The zero-order valence-corrected chi connectivity index (χ0v) is 21.1. The smallest absolute Gasteiger partial charge is 0.271 e. The third kappa shape index (κ3) is 4.28. The fraction of sp³-hybridized carbons (Fsp3) is 0.500. The standard InChI is InChI=1S/C28H35N3O2S/c1-20(21-11-7-6-8-12-21)18-31-26(32)24-17-25-23(15-16-34-25)30(24)19-28(31,2)27(33)29-22-13-9-4-3-5-10-14-22/h6-8,11-12,15-17,20,22H,3-5,9-10,13-14,18-19H2,1-2H3,(H,29,33)/t20-,28+/m0/s1. The first-order chi connectivity index (χ1) is 16.5. The Morgan fingerprint density at radius 2 is 1.82 bits per heavy atom. The molecule has 2 amide bonds. The molecule has 0 spiro atoms. The molecule has 0 bridgehead atoms. The summed E-state index contributed by atoms with van der Waals surface area (Å²) in [7, 11) is 0. The quantitative estimate of drug-likeness (QED) is 0.494. The second-order valence-electron chi connectivity index (χ2n) is 10.3. The molecule has 34 heavy (non-hydrogen) atoms. The minimum atomic E-state index is -0.941. The van der Waals surface area contributed by atoms with Crippen LogP contribution in [0.15, 0.2) is 47.8 Å². The summed E-state index contributed by atoms with van der Waals surface area (Å²) in [6.45, 7) is 5.09. The van der Waals surface area contributed by atoms with E-state index < -0.39 is 5.54 Å². The van der Waals surface area contributed by atoms with E-state index in [-0.39, 0.29) is 23.8 Å². The Kier molecular flexibility index (Phi) is 6.52. The molecule has 2 aliphatic rings. The summed E-state index contributed by atoms with van der Waals surface area (Å²) in [5.74, 6) is 0.0588. The van der Waals surface area contributed by atoms with Crippen LogP contribution in [0.1, 0.15) is 80.8 Å². The van der Waals surface area contributed by atoms with Gasteiger partial charge < -0.3 is 14.8 Å². The summed E-state index contributed by atoms with van der Waals surface area (Å²) in [6, 6.07) is 14.5. The van der Waals surface area contributed by atoms with Gasteiger partial charge in [-0.15, -0.1) is 11.3 Å². The largest absolute Gasteiger partial charge is 0.351 e. The first-order valence-corrected chi connectivity index (χ1v) is 13.6. The molecule has 180 valence electrons. The lowest BCUT2D eigenvalue weighted by molar-refractivity contribution is -0.133. The number of nitrogens with zero attached hydrogens (tertiary/aromatic N) is 2. The van der Waals surface area contributed by atoms with Crippen LogP contribution in [0.2, 0.25) is 0 Å². The van der Waals surface area contributed by atoms with Crippen molar-refractivity contribution in [1.29, 1.82) is 0 Å². The number of carbonyl (C=O) groups is 2. The maximum atomic E-state index is 14.0. The predicted octanol–water partition coefficient (Wildman–Crippen LogP) is 5.95. The highest BCUT2D eigenvalue weighted by atomic mass is 32.1. The van der Waals surface area contributed by atoms with Crippen LogP contribution in [0.25, 0.3) is 10.2 Å². The van der Waals surface area contributed by atoms with E-state index in [1.165, 1.54) is 24.8 Å². The minimum absolute atomic E-state index is 0.0191. The average molecular weight is 478 g/mol. The van der Waals surface area contributed by atoms with Gasteiger partial charge in [-0.1, -0.05) is 69.4 Å². The monoisotopic (exact) mass is 477 g/mol. The van der Waals surface area contributed by atoms with E-state index in [4.69, 9.17) is 0 Å². The molecule has 6 heteroatoms. The van der Waals surface area contributed by atoms with Crippen LogP contribution in [0, 0.1) is 0 Å². The summed E-state index contributed by atoms with van der Waals surface area (Å²) in [6.07, 6.45) is 8.15. The molecular weight excluding hydrogens is 442 g/mol. The first-order valence-electron chi connectivity index (χ1n) is 12.7. The van der Waals surface area contributed by atoms with E-state index in [9.17, 15) is 9.59 Å². The van der Waals surface area contributed by atoms with Gasteiger partial charge in [0.1, 0.15) is 11.2 Å². The predicted molar refractivity (Wildman–Crippen MR) is 138 cm³/mol. The Bertz CT molecular complexity index is 1160. The molecule has 1 fully saturated rings. The summed E-state index contributed by atoms with van der Waals surface area (Å²) in [5.41, 5.74) is 1.98. The third-order valence-corrected chi connectivity index (χ3v) is 8.66. The first kappa shape index (κ1) is 23.2. The fourth-order valence-corrected chi connectivity index (χ4v) is 6.48. The normalized spacial score (nSPS) is 22.8. The van der Waals surface area contributed by atoms with Gasteiger partial charge >= 0.3 is 0 Å². The lowest BCUT2D eigenvalue weighted by Gasteiger charge is -2.45. The van der Waals surface area contributed by atoms with Gasteiger partial charge in [0.15, 0.2) is 0 Å². The highest BCUT2D eigenvalue weighted by molar-refractivity contribution is 7.17. The second-order valence-corrected chi connectivity index (χ2v) is 11.3. The highest BCUT2D eigenvalue weighted by Crippen LogP contribution is 2.36. The molecule has 1 aliphatic heterocycles. The van der Waals surface area contributed by atoms with Gasteiger partial charge in [-0.3, -0.25) is 9.59 Å². The van der Waals surface area contributed by atoms with Crippen molar-refractivity contribution in [2.24, 2.45) is 0 Å². The fourth-order valence-electron chi connectivity index (χ4n) is 5.66. The van der Waals surface area contributed by atoms with Crippen molar-refractivity contribution in [2.75, 3.05) is 6.54 Å². The number of nitrogens with one attached hydrogen (secondary N) is 1. The molecule has 1 aliphatic carbocycles. The van der Waals surface area contributed by atoms with Crippen LogP contribution >= 0.6 is 11.3 Å². The number of amides is 2. The van der Waals surface area contributed by atoms with Crippen LogP contribution in [0.5, 0.6) is 0 Å². The molecule has 1 N–H and O–H groups in total. The van der Waals surface area contributed by atoms with Gasteiger partial charge in [-0.25, -0.2) is 0 Å². The van der Waals surface area contributed by atoms with Crippen molar-refractivity contribution in [3.8, 4) is 0 Å². The maximum Gasteiger partial charge on any atom is 0.271 e. The molecule has 2 aromatic heterocycles. The Hall–Kier alpha value is -2.60. The minimum Gasteiger partial charge on any atom is -0.351 e. The molecule has 1 saturated carbocycles.